The molecule has 0 aliphatic carbocycles. The fraction of sp³-hybridized carbons (Fsp3) is 0.250. The zero-order valence-electron chi connectivity index (χ0n) is 15.5. The second-order valence-electron chi connectivity index (χ2n) is 6.31. The van der Waals surface area contributed by atoms with E-state index in [1.165, 1.54) is 4.68 Å². The van der Waals surface area contributed by atoms with E-state index in [-0.39, 0.29) is 11.5 Å². The summed E-state index contributed by atoms with van der Waals surface area (Å²) < 4.78 is 8.31. The van der Waals surface area contributed by atoms with E-state index in [2.05, 4.69) is 37.0 Å². The Hall–Kier alpha value is -1.70. The van der Waals surface area contributed by atoms with Gasteiger partial charge in [0.15, 0.2) is 0 Å². The summed E-state index contributed by atoms with van der Waals surface area (Å²) in [5, 5.41) is 5.49. The fourth-order valence-corrected chi connectivity index (χ4v) is 4.15. The van der Waals surface area contributed by atoms with Gasteiger partial charge in [-0.1, -0.05) is 41.4 Å². The fourth-order valence-electron chi connectivity index (χ4n) is 2.79. The molecular formula is C20H18Br2ClN3O2. The van der Waals surface area contributed by atoms with Crippen molar-refractivity contribution in [3.63, 3.8) is 0 Å². The lowest BCUT2D eigenvalue weighted by Crippen LogP contribution is -2.23. The second kappa shape index (κ2) is 8.76. The summed E-state index contributed by atoms with van der Waals surface area (Å²) >= 11 is 13.0. The summed E-state index contributed by atoms with van der Waals surface area (Å²) in [7, 11) is 1.57. The van der Waals surface area contributed by atoms with Crippen LogP contribution in [0.2, 0.25) is 5.02 Å². The first-order valence-corrected chi connectivity index (χ1v) is 10.6. The summed E-state index contributed by atoms with van der Waals surface area (Å²) in [5.41, 5.74) is 1.08. The van der Waals surface area contributed by atoms with Crippen molar-refractivity contribution >= 4 is 60.6 Å². The predicted octanol–water partition coefficient (Wildman–Crippen LogP) is 5.98. The number of rotatable bonds is 5. The van der Waals surface area contributed by atoms with Crippen molar-refractivity contribution in [2.75, 3.05) is 7.11 Å². The van der Waals surface area contributed by atoms with Gasteiger partial charge >= 0.3 is 0 Å². The molecule has 3 rings (SSSR count). The van der Waals surface area contributed by atoms with Crippen LogP contribution in [0.5, 0.6) is 5.75 Å². The molecule has 8 heteroatoms. The Bertz CT molecular complexity index is 1130. The van der Waals surface area contributed by atoms with E-state index in [1.807, 2.05) is 26.0 Å². The highest BCUT2D eigenvalue weighted by Gasteiger charge is 2.16. The van der Waals surface area contributed by atoms with Crippen molar-refractivity contribution < 1.29 is 4.74 Å². The van der Waals surface area contributed by atoms with Crippen LogP contribution in [0.25, 0.3) is 10.9 Å². The largest absolute Gasteiger partial charge is 0.495 e. The molecule has 5 nitrogen and oxygen atoms in total. The van der Waals surface area contributed by atoms with Crippen molar-refractivity contribution in [1.82, 2.24) is 9.66 Å². The monoisotopic (exact) mass is 525 g/mol. The van der Waals surface area contributed by atoms with E-state index < -0.39 is 0 Å². The van der Waals surface area contributed by atoms with Crippen LogP contribution < -0.4 is 10.3 Å². The van der Waals surface area contributed by atoms with Gasteiger partial charge in [-0.25, -0.2) is 4.98 Å². The van der Waals surface area contributed by atoms with Crippen LogP contribution in [0, 0.1) is 0 Å². The lowest BCUT2D eigenvalue weighted by atomic mass is 10.1. The Labute approximate surface area is 184 Å². The molecule has 1 atom stereocenters. The molecule has 28 heavy (non-hydrogen) atoms. The van der Waals surface area contributed by atoms with Crippen LogP contribution >= 0.6 is 43.5 Å². The third kappa shape index (κ3) is 4.16. The lowest BCUT2D eigenvalue weighted by Gasteiger charge is -2.14. The van der Waals surface area contributed by atoms with Gasteiger partial charge in [0.2, 0.25) is 0 Å². The third-order valence-corrected chi connectivity index (χ3v) is 5.74. The van der Waals surface area contributed by atoms with Gasteiger partial charge in [0.25, 0.3) is 5.56 Å². The first kappa shape index (κ1) is 21.0. The minimum atomic E-state index is -0.224. The first-order valence-electron chi connectivity index (χ1n) is 8.65. The van der Waals surface area contributed by atoms with Crippen molar-refractivity contribution in [2.45, 2.75) is 26.2 Å². The van der Waals surface area contributed by atoms with Gasteiger partial charge in [-0.3, -0.25) is 4.79 Å². The van der Waals surface area contributed by atoms with E-state index in [9.17, 15) is 4.79 Å². The quantitative estimate of drug-likeness (QED) is 0.384. The highest BCUT2D eigenvalue weighted by molar-refractivity contribution is 9.10. The maximum absolute atomic E-state index is 13.2. The van der Waals surface area contributed by atoms with Gasteiger partial charge in [-0.2, -0.15) is 9.78 Å². The summed E-state index contributed by atoms with van der Waals surface area (Å²) in [6.45, 7) is 4.07. The van der Waals surface area contributed by atoms with E-state index in [4.69, 9.17) is 21.3 Å². The lowest BCUT2D eigenvalue weighted by molar-refractivity contribution is 0.411. The molecular weight excluding hydrogens is 510 g/mol. The maximum atomic E-state index is 13.2. The second-order valence-corrected chi connectivity index (χ2v) is 8.52. The topological polar surface area (TPSA) is 56.5 Å². The Morgan fingerprint density at radius 1 is 1.32 bits per heavy atom. The molecule has 0 saturated carbocycles. The number of methoxy groups -OCH3 is 1. The van der Waals surface area contributed by atoms with Gasteiger partial charge < -0.3 is 4.74 Å². The van der Waals surface area contributed by atoms with E-state index in [0.717, 1.165) is 10.9 Å². The minimum Gasteiger partial charge on any atom is -0.495 e. The molecule has 0 spiro atoms. The predicted molar refractivity (Wildman–Crippen MR) is 121 cm³/mol. The average molecular weight is 528 g/mol. The molecule has 2 aromatic carbocycles. The van der Waals surface area contributed by atoms with Gasteiger partial charge in [-0.05, 0) is 52.7 Å². The van der Waals surface area contributed by atoms with E-state index in [0.29, 0.717) is 37.5 Å². The molecule has 0 saturated heterocycles. The summed E-state index contributed by atoms with van der Waals surface area (Å²) in [6.07, 6.45) is 2.39. The summed E-state index contributed by atoms with van der Waals surface area (Å²) in [5.74, 6) is 1.26. The Morgan fingerprint density at radius 3 is 2.75 bits per heavy atom. The Kier molecular flexibility index (Phi) is 6.58. The number of hydrogen-bond acceptors (Lipinski definition) is 4. The Morgan fingerprint density at radius 2 is 2.07 bits per heavy atom. The SMILES string of the molecule is CC[C@@H](C)c1nc2ccc(Br)cc2c(=O)n1N=Cc1cc(Cl)cc(Br)c1OC. The Balaban J connectivity index is 2.23. The van der Waals surface area contributed by atoms with E-state index in [1.54, 1.807) is 31.5 Å². The van der Waals surface area contributed by atoms with Gasteiger partial charge in [0.05, 0.1) is 28.7 Å². The van der Waals surface area contributed by atoms with Gasteiger partial charge in [0.1, 0.15) is 11.6 Å². The molecule has 1 aromatic heterocycles. The highest BCUT2D eigenvalue weighted by atomic mass is 79.9. The average Bonchev–Trinajstić information content (AvgIpc) is 2.66. The van der Waals surface area contributed by atoms with Crippen molar-refractivity contribution in [3.8, 4) is 5.75 Å². The summed E-state index contributed by atoms with van der Waals surface area (Å²) in [4.78, 5) is 17.9. The highest BCUT2D eigenvalue weighted by Crippen LogP contribution is 2.31. The maximum Gasteiger partial charge on any atom is 0.282 e. The van der Waals surface area contributed by atoms with Crippen LogP contribution in [0.15, 0.2) is 49.2 Å². The summed E-state index contributed by atoms with van der Waals surface area (Å²) in [6, 6.07) is 8.93. The van der Waals surface area contributed by atoms with Crippen LogP contribution in [-0.2, 0) is 0 Å². The zero-order chi connectivity index (χ0) is 20.4. The number of fused-ring (bicyclic) bond motifs is 1. The van der Waals surface area contributed by atoms with Gasteiger partial charge in [0, 0.05) is 21.0 Å². The molecule has 0 fully saturated rings. The van der Waals surface area contributed by atoms with Crippen molar-refractivity contribution in [2.24, 2.45) is 5.10 Å². The number of hydrogen-bond donors (Lipinski definition) is 0. The minimum absolute atomic E-state index is 0.0610. The van der Waals surface area contributed by atoms with E-state index >= 15 is 0 Å². The van der Waals surface area contributed by atoms with Crippen molar-refractivity contribution in [1.29, 1.82) is 0 Å². The van der Waals surface area contributed by atoms with Crippen LogP contribution in [0.1, 0.15) is 37.6 Å². The normalized spacial score (nSPS) is 12.6. The molecule has 0 radical (unpaired) electrons. The molecule has 0 aliphatic heterocycles. The first-order chi connectivity index (χ1) is 13.3. The number of aromatic nitrogens is 2. The molecule has 0 bridgehead atoms. The zero-order valence-corrected chi connectivity index (χ0v) is 19.5. The van der Waals surface area contributed by atoms with Crippen LogP contribution in [0.4, 0.5) is 0 Å². The smallest absolute Gasteiger partial charge is 0.282 e. The molecule has 0 unspecified atom stereocenters. The van der Waals surface area contributed by atoms with Crippen LogP contribution in [0.3, 0.4) is 0 Å². The molecule has 1 heterocycles. The third-order valence-electron chi connectivity index (χ3n) is 4.44. The number of ether oxygens (including phenoxy) is 1. The molecule has 0 amide bonds. The van der Waals surface area contributed by atoms with Crippen LogP contribution in [-0.4, -0.2) is 23.0 Å². The molecule has 0 aliphatic rings. The number of nitrogens with zero attached hydrogens (tertiary/aromatic N) is 3. The standard InChI is InChI=1S/C20H18Br2ClN3O2/c1-4-11(2)19-25-17-6-5-13(21)8-15(17)20(27)26(19)24-10-12-7-14(23)9-16(22)18(12)28-3/h5-11H,4H2,1-3H3/t11-/m1/s1. The van der Waals surface area contributed by atoms with Crippen molar-refractivity contribution in [3.05, 3.63) is 66.0 Å². The number of halogens is 3. The molecule has 146 valence electrons. The molecule has 3 aromatic rings. The van der Waals surface area contributed by atoms with Gasteiger partial charge in [-0.15, -0.1) is 0 Å². The number of benzene rings is 2. The molecule has 0 N–H and O–H groups in total.